The van der Waals surface area contributed by atoms with Crippen molar-refractivity contribution in [1.29, 1.82) is 5.26 Å². The number of nitriles is 1. The van der Waals surface area contributed by atoms with Crippen molar-refractivity contribution in [2.45, 2.75) is 24.2 Å². The summed E-state index contributed by atoms with van der Waals surface area (Å²) in [5.41, 5.74) is 1.64. The molecule has 4 nitrogen and oxygen atoms in total. The standard InChI is InChI=1S/C15H18N2O2S/c1-20-14-6-2-5-13(12(14)9-16)17-7-3-4-11(10-17)8-15(18)19/h2,5-6,11H,3-4,7-8,10H2,1H3,(H,18,19). The molecule has 5 heteroatoms. The third kappa shape index (κ3) is 3.26. The second kappa shape index (κ2) is 6.67. The fourth-order valence-electron chi connectivity index (χ4n) is 2.76. The van der Waals surface area contributed by atoms with Gasteiger partial charge in [0, 0.05) is 24.4 Å². The molecule has 0 aromatic heterocycles. The Labute approximate surface area is 123 Å². The second-order valence-corrected chi connectivity index (χ2v) is 5.87. The van der Waals surface area contributed by atoms with E-state index in [-0.39, 0.29) is 12.3 Å². The van der Waals surface area contributed by atoms with E-state index in [0.29, 0.717) is 5.56 Å². The van der Waals surface area contributed by atoms with Crippen LogP contribution in [0.1, 0.15) is 24.8 Å². The number of carboxylic acid groups (broad SMARTS) is 1. The van der Waals surface area contributed by atoms with E-state index < -0.39 is 5.97 Å². The molecule has 2 rings (SSSR count). The Hall–Kier alpha value is -1.67. The van der Waals surface area contributed by atoms with Crippen LogP contribution < -0.4 is 4.90 Å². The monoisotopic (exact) mass is 290 g/mol. The molecule has 0 radical (unpaired) electrons. The summed E-state index contributed by atoms with van der Waals surface area (Å²) < 4.78 is 0. The molecule has 0 spiro atoms. The summed E-state index contributed by atoms with van der Waals surface area (Å²) in [7, 11) is 0. The van der Waals surface area contributed by atoms with Crippen LogP contribution in [0, 0.1) is 17.2 Å². The molecule has 0 bridgehead atoms. The van der Waals surface area contributed by atoms with Crippen molar-refractivity contribution in [2.75, 3.05) is 24.2 Å². The molecule has 0 amide bonds. The van der Waals surface area contributed by atoms with Gasteiger partial charge in [0.25, 0.3) is 0 Å². The fourth-order valence-corrected chi connectivity index (χ4v) is 3.33. The summed E-state index contributed by atoms with van der Waals surface area (Å²) in [6.07, 6.45) is 4.10. The minimum atomic E-state index is -0.741. The van der Waals surface area contributed by atoms with E-state index in [2.05, 4.69) is 11.0 Å². The van der Waals surface area contributed by atoms with Gasteiger partial charge in [-0.15, -0.1) is 11.8 Å². The lowest BCUT2D eigenvalue weighted by Crippen LogP contribution is -2.36. The van der Waals surface area contributed by atoms with Crippen LogP contribution in [0.15, 0.2) is 23.1 Å². The SMILES string of the molecule is CSc1cccc(N2CCCC(CC(=O)O)C2)c1C#N. The molecule has 0 saturated carbocycles. The van der Waals surface area contributed by atoms with E-state index in [9.17, 15) is 10.1 Å². The Morgan fingerprint density at radius 3 is 3.05 bits per heavy atom. The van der Waals surface area contributed by atoms with Gasteiger partial charge in [-0.25, -0.2) is 0 Å². The lowest BCUT2D eigenvalue weighted by Gasteiger charge is -2.34. The number of benzene rings is 1. The van der Waals surface area contributed by atoms with Crippen molar-refractivity contribution in [3.05, 3.63) is 23.8 Å². The summed E-state index contributed by atoms with van der Waals surface area (Å²) in [5, 5.41) is 18.3. The van der Waals surface area contributed by atoms with Gasteiger partial charge in [-0.1, -0.05) is 6.07 Å². The van der Waals surface area contributed by atoms with Crippen LogP contribution in [0.2, 0.25) is 0 Å². The number of hydrogen-bond donors (Lipinski definition) is 1. The number of nitrogens with zero attached hydrogens (tertiary/aromatic N) is 2. The van der Waals surface area contributed by atoms with Crippen molar-refractivity contribution < 1.29 is 9.90 Å². The highest BCUT2D eigenvalue weighted by Gasteiger charge is 2.24. The Morgan fingerprint density at radius 2 is 2.40 bits per heavy atom. The number of carboxylic acids is 1. The van der Waals surface area contributed by atoms with E-state index in [1.807, 2.05) is 24.5 Å². The molecule has 1 aliphatic rings. The number of hydrogen-bond acceptors (Lipinski definition) is 4. The van der Waals surface area contributed by atoms with E-state index in [1.54, 1.807) is 11.8 Å². The van der Waals surface area contributed by atoms with Gasteiger partial charge in [-0.2, -0.15) is 5.26 Å². The molecule has 1 aromatic rings. The van der Waals surface area contributed by atoms with Crippen LogP contribution in [-0.2, 0) is 4.79 Å². The second-order valence-electron chi connectivity index (χ2n) is 5.02. The number of thioether (sulfide) groups is 1. The molecule has 1 fully saturated rings. The van der Waals surface area contributed by atoms with Gasteiger partial charge >= 0.3 is 5.97 Å². The van der Waals surface area contributed by atoms with Gasteiger partial charge in [0.15, 0.2) is 0 Å². The third-order valence-electron chi connectivity index (χ3n) is 3.66. The number of rotatable bonds is 4. The maximum atomic E-state index is 10.9. The van der Waals surface area contributed by atoms with Gasteiger partial charge in [-0.05, 0) is 37.1 Å². The third-order valence-corrected chi connectivity index (χ3v) is 4.44. The zero-order chi connectivity index (χ0) is 14.5. The average molecular weight is 290 g/mol. The molecule has 1 unspecified atom stereocenters. The maximum absolute atomic E-state index is 10.9. The van der Waals surface area contributed by atoms with E-state index in [0.717, 1.165) is 36.5 Å². The minimum absolute atomic E-state index is 0.172. The molecule has 1 saturated heterocycles. The molecule has 20 heavy (non-hydrogen) atoms. The highest BCUT2D eigenvalue weighted by atomic mass is 32.2. The predicted octanol–water partition coefficient (Wildman–Crippen LogP) is 2.97. The molecule has 0 aliphatic carbocycles. The van der Waals surface area contributed by atoms with E-state index in [1.165, 1.54) is 0 Å². The first kappa shape index (κ1) is 14.7. The van der Waals surface area contributed by atoms with Crippen molar-refractivity contribution in [1.82, 2.24) is 0 Å². The van der Waals surface area contributed by atoms with Gasteiger partial charge in [0.1, 0.15) is 6.07 Å². The first-order valence-electron chi connectivity index (χ1n) is 6.69. The normalized spacial score (nSPS) is 18.6. The van der Waals surface area contributed by atoms with Crippen LogP contribution in [0.5, 0.6) is 0 Å². The maximum Gasteiger partial charge on any atom is 0.303 e. The highest BCUT2D eigenvalue weighted by molar-refractivity contribution is 7.98. The zero-order valence-corrected chi connectivity index (χ0v) is 12.3. The Bertz CT molecular complexity index is 539. The van der Waals surface area contributed by atoms with Crippen LogP contribution in [0.4, 0.5) is 5.69 Å². The predicted molar refractivity (Wildman–Crippen MR) is 80.1 cm³/mol. The average Bonchev–Trinajstić information content (AvgIpc) is 2.45. The van der Waals surface area contributed by atoms with Gasteiger partial charge in [0.05, 0.1) is 11.3 Å². The summed E-state index contributed by atoms with van der Waals surface area (Å²) in [6.45, 7) is 1.61. The molecule has 1 heterocycles. The highest BCUT2D eigenvalue weighted by Crippen LogP contribution is 2.32. The Balaban J connectivity index is 2.23. The summed E-state index contributed by atoms with van der Waals surface area (Å²) in [6, 6.07) is 8.16. The number of aliphatic carboxylic acids is 1. The summed E-state index contributed by atoms with van der Waals surface area (Å²) >= 11 is 1.57. The van der Waals surface area contributed by atoms with Crippen molar-refractivity contribution >= 4 is 23.4 Å². The molecule has 1 aromatic carbocycles. The van der Waals surface area contributed by atoms with Crippen LogP contribution in [0.3, 0.4) is 0 Å². The minimum Gasteiger partial charge on any atom is -0.481 e. The Morgan fingerprint density at radius 1 is 1.60 bits per heavy atom. The van der Waals surface area contributed by atoms with E-state index >= 15 is 0 Å². The molecule has 1 aliphatic heterocycles. The smallest absolute Gasteiger partial charge is 0.303 e. The lowest BCUT2D eigenvalue weighted by molar-refractivity contribution is -0.138. The number of piperidine rings is 1. The van der Waals surface area contributed by atoms with E-state index in [4.69, 9.17) is 5.11 Å². The first-order valence-corrected chi connectivity index (χ1v) is 7.92. The quantitative estimate of drug-likeness (QED) is 0.864. The van der Waals surface area contributed by atoms with Gasteiger partial charge in [-0.3, -0.25) is 4.79 Å². The van der Waals surface area contributed by atoms with Crippen LogP contribution >= 0.6 is 11.8 Å². The molecular weight excluding hydrogens is 272 g/mol. The largest absolute Gasteiger partial charge is 0.481 e. The first-order chi connectivity index (χ1) is 9.65. The van der Waals surface area contributed by atoms with Gasteiger partial charge < -0.3 is 10.0 Å². The van der Waals surface area contributed by atoms with Gasteiger partial charge in [0.2, 0.25) is 0 Å². The van der Waals surface area contributed by atoms with Crippen LogP contribution in [0.25, 0.3) is 0 Å². The van der Waals surface area contributed by atoms with Crippen molar-refractivity contribution in [3.63, 3.8) is 0 Å². The number of anilines is 1. The van der Waals surface area contributed by atoms with Crippen LogP contribution in [-0.4, -0.2) is 30.4 Å². The topological polar surface area (TPSA) is 64.3 Å². The lowest BCUT2D eigenvalue weighted by atomic mass is 9.94. The van der Waals surface area contributed by atoms with Crippen molar-refractivity contribution in [2.24, 2.45) is 5.92 Å². The molecular formula is C15H18N2O2S. The summed E-state index contributed by atoms with van der Waals surface area (Å²) in [5.74, 6) is -0.569. The zero-order valence-electron chi connectivity index (χ0n) is 11.5. The molecule has 1 atom stereocenters. The molecule has 1 N–H and O–H groups in total. The van der Waals surface area contributed by atoms with Crippen molar-refractivity contribution in [3.8, 4) is 6.07 Å². The molecule has 106 valence electrons. The fraction of sp³-hybridized carbons (Fsp3) is 0.467. The number of carbonyl (C=O) groups is 1. The summed E-state index contributed by atoms with van der Waals surface area (Å²) in [4.78, 5) is 14.0. The Kier molecular flexibility index (Phi) is 4.91.